The maximum Gasteiger partial charge on any atom is 0.261 e. The van der Waals surface area contributed by atoms with E-state index < -0.39 is 9.05 Å². The van der Waals surface area contributed by atoms with Crippen LogP contribution < -0.4 is 0 Å². The van der Waals surface area contributed by atoms with Crippen molar-refractivity contribution in [3.63, 3.8) is 0 Å². The molecule has 2 nitrogen and oxygen atoms in total. The molecule has 1 aromatic rings. The molecule has 0 amide bonds. The minimum Gasteiger partial charge on any atom is -0.207 e. The summed E-state index contributed by atoms with van der Waals surface area (Å²) in [5, 5.41) is 0. The molecule has 84 valence electrons. The van der Waals surface area contributed by atoms with Gasteiger partial charge in [0.1, 0.15) is 0 Å². The number of hydrogen-bond donors (Lipinski definition) is 0. The van der Waals surface area contributed by atoms with E-state index in [4.69, 9.17) is 10.7 Å². The van der Waals surface area contributed by atoms with Crippen LogP contribution in [0.15, 0.2) is 34.1 Å². The zero-order valence-electron chi connectivity index (χ0n) is 8.82. The highest BCUT2D eigenvalue weighted by Gasteiger charge is 2.13. The molecule has 1 aromatic carbocycles. The first-order chi connectivity index (χ1) is 6.68. The molecule has 0 bridgehead atoms. The molecule has 0 fully saturated rings. The van der Waals surface area contributed by atoms with Crippen molar-refractivity contribution in [2.24, 2.45) is 0 Å². The van der Waals surface area contributed by atoms with Crippen LogP contribution in [0.2, 0.25) is 0 Å². The van der Waals surface area contributed by atoms with E-state index in [-0.39, 0.29) is 9.64 Å². The van der Waals surface area contributed by atoms with Crippen molar-refractivity contribution in [2.75, 3.05) is 0 Å². The molecule has 0 unspecified atom stereocenters. The van der Waals surface area contributed by atoms with Crippen LogP contribution >= 0.6 is 22.4 Å². The molecule has 0 spiro atoms. The Balaban J connectivity index is 2.92. The average molecular weight is 265 g/mol. The van der Waals surface area contributed by atoms with Gasteiger partial charge in [-0.3, -0.25) is 0 Å². The first-order valence-corrected chi connectivity index (χ1v) is 7.55. The summed E-state index contributed by atoms with van der Waals surface area (Å²) in [6.45, 7) is 6.30. The van der Waals surface area contributed by atoms with Crippen LogP contribution in [0.1, 0.15) is 20.8 Å². The Labute approximate surface area is 99.4 Å². The fourth-order valence-electron chi connectivity index (χ4n) is 1.02. The van der Waals surface area contributed by atoms with Gasteiger partial charge in [0, 0.05) is 20.3 Å². The highest BCUT2D eigenvalue weighted by atomic mass is 35.7. The fourth-order valence-corrected chi connectivity index (χ4v) is 2.77. The largest absolute Gasteiger partial charge is 0.261 e. The number of rotatable bonds is 2. The summed E-state index contributed by atoms with van der Waals surface area (Å²) in [6, 6.07) is 6.59. The van der Waals surface area contributed by atoms with Crippen molar-refractivity contribution in [1.82, 2.24) is 0 Å². The van der Waals surface area contributed by atoms with Gasteiger partial charge in [-0.15, -0.1) is 11.8 Å². The van der Waals surface area contributed by atoms with Gasteiger partial charge in [-0.1, -0.05) is 20.8 Å². The van der Waals surface area contributed by atoms with Gasteiger partial charge in [-0.2, -0.15) is 0 Å². The van der Waals surface area contributed by atoms with Crippen LogP contribution in [0.5, 0.6) is 0 Å². The van der Waals surface area contributed by atoms with E-state index >= 15 is 0 Å². The topological polar surface area (TPSA) is 34.1 Å². The maximum atomic E-state index is 11.0. The average Bonchev–Trinajstić information content (AvgIpc) is 2.00. The van der Waals surface area contributed by atoms with E-state index in [0.29, 0.717) is 0 Å². The lowest BCUT2D eigenvalue weighted by molar-refractivity contribution is 0.609. The van der Waals surface area contributed by atoms with E-state index in [1.54, 1.807) is 23.9 Å². The van der Waals surface area contributed by atoms with E-state index in [0.717, 1.165) is 4.90 Å². The minimum absolute atomic E-state index is 0.112. The third-order valence-corrected chi connectivity index (χ3v) is 4.02. The number of benzene rings is 1. The molecule has 15 heavy (non-hydrogen) atoms. The Hall–Kier alpha value is -0.190. The van der Waals surface area contributed by atoms with E-state index in [9.17, 15) is 8.42 Å². The molecule has 0 saturated heterocycles. The normalized spacial score (nSPS) is 12.8. The minimum atomic E-state index is -3.60. The van der Waals surface area contributed by atoms with Crippen LogP contribution in [-0.4, -0.2) is 13.2 Å². The molecule has 0 aliphatic rings. The molecule has 0 saturated carbocycles. The van der Waals surface area contributed by atoms with Crippen LogP contribution in [0, 0.1) is 0 Å². The lowest BCUT2D eigenvalue weighted by atomic mass is 10.3. The Morgan fingerprint density at radius 1 is 1.13 bits per heavy atom. The molecule has 5 heteroatoms. The van der Waals surface area contributed by atoms with Gasteiger partial charge in [0.05, 0.1) is 4.90 Å². The fraction of sp³-hybridized carbons (Fsp3) is 0.400. The van der Waals surface area contributed by atoms with Crippen molar-refractivity contribution in [3.05, 3.63) is 24.3 Å². The second-order valence-electron chi connectivity index (χ2n) is 4.12. The van der Waals surface area contributed by atoms with Crippen molar-refractivity contribution < 1.29 is 8.42 Å². The molecule has 1 rings (SSSR count). The first-order valence-electron chi connectivity index (χ1n) is 4.42. The predicted molar refractivity (Wildman–Crippen MR) is 65.1 cm³/mol. The van der Waals surface area contributed by atoms with E-state index in [2.05, 4.69) is 20.8 Å². The lowest BCUT2D eigenvalue weighted by Crippen LogP contribution is -2.06. The highest BCUT2D eigenvalue weighted by molar-refractivity contribution is 8.13. The molecule has 0 atom stereocenters. The smallest absolute Gasteiger partial charge is 0.207 e. The quantitative estimate of drug-likeness (QED) is 0.606. The summed E-state index contributed by atoms with van der Waals surface area (Å²) < 4.78 is 22.1. The predicted octanol–water partition coefficient (Wildman–Crippen LogP) is 3.50. The molecule has 0 radical (unpaired) electrons. The van der Waals surface area contributed by atoms with Gasteiger partial charge in [0.2, 0.25) is 0 Å². The van der Waals surface area contributed by atoms with Crippen LogP contribution in [0.4, 0.5) is 0 Å². The van der Waals surface area contributed by atoms with Crippen molar-refractivity contribution in [2.45, 2.75) is 35.3 Å². The molecule has 0 aliphatic carbocycles. The summed E-state index contributed by atoms with van der Waals surface area (Å²) in [6.07, 6.45) is 0. The van der Waals surface area contributed by atoms with Gasteiger partial charge in [-0.05, 0) is 24.3 Å². The van der Waals surface area contributed by atoms with Crippen molar-refractivity contribution in [3.8, 4) is 0 Å². The summed E-state index contributed by atoms with van der Waals surface area (Å²) in [4.78, 5) is 1.17. The van der Waals surface area contributed by atoms with Gasteiger partial charge < -0.3 is 0 Å². The van der Waals surface area contributed by atoms with Gasteiger partial charge in [0.15, 0.2) is 0 Å². The number of halogens is 1. The van der Waals surface area contributed by atoms with Gasteiger partial charge in [0.25, 0.3) is 9.05 Å². The van der Waals surface area contributed by atoms with Crippen LogP contribution in [0.25, 0.3) is 0 Å². The van der Waals surface area contributed by atoms with E-state index in [1.807, 2.05) is 0 Å². The monoisotopic (exact) mass is 264 g/mol. The third kappa shape index (κ3) is 4.45. The summed E-state index contributed by atoms with van der Waals surface area (Å²) in [5.41, 5.74) is 0. The molecule has 0 aliphatic heterocycles. The van der Waals surface area contributed by atoms with Crippen molar-refractivity contribution in [1.29, 1.82) is 0 Å². The van der Waals surface area contributed by atoms with Crippen molar-refractivity contribution >= 4 is 31.5 Å². The molecule has 0 heterocycles. The standard InChI is InChI=1S/C10H13ClO2S2/c1-10(2,3)14-8-4-6-9(7-5-8)15(11,12)13/h4-7H,1-3H3. The second kappa shape index (κ2) is 4.36. The third-order valence-electron chi connectivity index (χ3n) is 1.53. The Morgan fingerprint density at radius 2 is 1.60 bits per heavy atom. The zero-order valence-corrected chi connectivity index (χ0v) is 11.2. The Kier molecular flexibility index (Phi) is 3.74. The Morgan fingerprint density at radius 3 is 1.93 bits per heavy atom. The molecule has 0 N–H and O–H groups in total. The summed E-state index contributed by atoms with van der Waals surface area (Å²) in [7, 11) is 1.61. The van der Waals surface area contributed by atoms with E-state index in [1.165, 1.54) is 12.1 Å². The lowest BCUT2D eigenvalue weighted by Gasteiger charge is -2.17. The SMILES string of the molecule is CC(C)(C)Sc1ccc(S(=O)(=O)Cl)cc1. The maximum absolute atomic E-state index is 11.0. The number of thioether (sulfide) groups is 1. The highest BCUT2D eigenvalue weighted by Crippen LogP contribution is 2.32. The number of hydrogen-bond acceptors (Lipinski definition) is 3. The zero-order chi connectivity index (χ0) is 11.7. The van der Waals surface area contributed by atoms with Gasteiger partial charge >= 0.3 is 0 Å². The second-order valence-corrected chi connectivity index (χ2v) is 8.59. The molecular weight excluding hydrogens is 252 g/mol. The molecular formula is C10H13ClO2S2. The summed E-state index contributed by atoms with van der Waals surface area (Å²) >= 11 is 1.68. The summed E-state index contributed by atoms with van der Waals surface area (Å²) in [5.74, 6) is 0. The van der Waals surface area contributed by atoms with Gasteiger partial charge in [-0.25, -0.2) is 8.42 Å². The first kappa shape index (κ1) is 12.9. The van der Waals surface area contributed by atoms with Crippen LogP contribution in [0.3, 0.4) is 0 Å². The molecule has 0 aromatic heterocycles. The van der Waals surface area contributed by atoms with Crippen LogP contribution in [-0.2, 0) is 9.05 Å². The Bertz CT molecular complexity index is 429.